The third-order valence-electron chi connectivity index (χ3n) is 2.19. The van der Waals surface area contributed by atoms with E-state index in [1.54, 1.807) is 0 Å². The quantitative estimate of drug-likeness (QED) is 0.813. The first-order valence-corrected chi connectivity index (χ1v) is 4.88. The van der Waals surface area contributed by atoms with Crippen LogP contribution in [0.15, 0.2) is 18.2 Å². The highest BCUT2D eigenvalue weighted by Gasteiger charge is 2.16. The smallest absolute Gasteiger partial charge is 0.164 e. The number of ether oxygens (including phenoxy) is 1. The molecule has 0 heterocycles. The normalized spacial score (nSPS) is 12.8. The summed E-state index contributed by atoms with van der Waals surface area (Å²) in [6, 6.07) is 4.11. The highest BCUT2D eigenvalue weighted by molar-refractivity contribution is 5.21. The van der Waals surface area contributed by atoms with Crippen LogP contribution < -0.4 is 5.32 Å². The monoisotopic (exact) mass is 215 g/mol. The molecule has 0 fully saturated rings. The Morgan fingerprint density at radius 3 is 2.73 bits per heavy atom. The van der Waals surface area contributed by atoms with Crippen molar-refractivity contribution >= 4 is 0 Å². The van der Waals surface area contributed by atoms with Crippen molar-refractivity contribution in [2.45, 2.75) is 13.0 Å². The van der Waals surface area contributed by atoms with Crippen molar-refractivity contribution in [3.8, 4) is 0 Å². The zero-order chi connectivity index (χ0) is 11.3. The number of hydrogen-bond acceptors (Lipinski definition) is 2. The van der Waals surface area contributed by atoms with Crippen LogP contribution in [0.2, 0.25) is 0 Å². The van der Waals surface area contributed by atoms with E-state index < -0.39 is 17.7 Å². The van der Waals surface area contributed by atoms with Crippen LogP contribution in [0.4, 0.5) is 8.78 Å². The fourth-order valence-electron chi connectivity index (χ4n) is 1.36. The van der Waals surface area contributed by atoms with E-state index in [0.29, 0.717) is 6.54 Å². The molecule has 0 amide bonds. The third kappa shape index (κ3) is 2.97. The van der Waals surface area contributed by atoms with Gasteiger partial charge in [-0.25, -0.2) is 8.78 Å². The molecule has 0 saturated carbocycles. The zero-order valence-corrected chi connectivity index (χ0v) is 8.89. The van der Waals surface area contributed by atoms with Crippen molar-refractivity contribution in [3.63, 3.8) is 0 Å². The van der Waals surface area contributed by atoms with Crippen LogP contribution in [0, 0.1) is 11.6 Å². The Labute approximate surface area is 88.3 Å². The minimum absolute atomic E-state index is 0.249. The summed E-state index contributed by atoms with van der Waals surface area (Å²) >= 11 is 0. The summed E-state index contributed by atoms with van der Waals surface area (Å²) in [5, 5.41) is 3.03. The van der Waals surface area contributed by atoms with E-state index in [1.807, 2.05) is 6.92 Å². The summed E-state index contributed by atoms with van der Waals surface area (Å²) in [5.41, 5.74) is 0.249. The molecule has 15 heavy (non-hydrogen) atoms. The summed E-state index contributed by atoms with van der Waals surface area (Å²) in [6.45, 7) is 3.17. The number of halogens is 2. The molecule has 0 saturated heterocycles. The van der Waals surface area contributed by atoms with Crippen molar-refractivity contribution in [2.75, 3.05) is 20.2 Å². The topological polar surface area (TPSA) is 21.3 Å². The Morgan fingerprint density at radius 2 is 2.13 bits per heavy atom. The Hall–Kier alpha value is -1.00. The zero-order valence-electron chi connectivity index (χ0n) is 8.89. The molecule has 1 atom stereocenters. The molecular formula is C11H15F2NO. The SMILES string of the molecule is CCNC[C@@H](OC)c1cccc(F)c1F. The minimum Gasteiger partial charge on any atom is -0.375 e. The summed E-state index contributed by atoms with van der Waals surface area (Å²) in [6.07, 6.45) is -0.458. The molecule has 0 spiro atoms. The molecule has 0 aromatic heterocycles. The van der Waals surface area contributed by atoms with Gasteiger partial charge in [0.15, 0.2) is 11.6 Å². The van der Waals surface area contributed by atoms with Gasteiger partial charge in [0.25, 0.3) is 0 Å². The Morgan fingerprint density at radius 1 is 1.40 bits per heavy atom. The third-order valence-corrected chi connectivity index (χ3v) is 2.19. The van der Waals surface area contributed by atoms with Gasteiger partial charge < -0.3 is 10.1 Å². The Kier molecular flexibility index (Phi) is 4.65. The molecule has 2 nitrogen and oxygen atoms in total. The first kappa shape index (κ1) is 12.1. The lowest BCUT2D eigenvalue weighted by Crippen LogP contribution is -2.23. The number of likely N-dealkylation sites (N-methyl/N-ethyl adjacent to an activating group) is 1. The number of nitrogens with one attached hydrogen (secondary N) is 1. The molecule has 0 bridgehead atoms. The second-order valence-corrected chi connectivity index (χ2v) is 3.18. The molecule has 1 N–H and O–H groups in total. The standard InChI is InChI=1S/C11H15F2NO/c1-3-14-7-10(15-2)8-5-4-6-9(12)11(8)13/h4-6,10,14H,3,7H2,1-2H3/t10-/m1/s1. The average molecular weight is 215 g/mol. The van der Waals surface area contributed by atoms with E-state index in [1.165, 1.54) is 19.2 Å². The molecule has 0 aliphatic rings. The maximum absolute atomic E-state index is 13.4. The van der Waals surface area contributed by atoms with Gasteiger partial charge in [-0.2, -0.15) is 0 Å². The van der Waals surface area contributed by atoms with Gasteiger partial charge in [-0.1, -0.05) is 19.1 Å². The predicted molar refractivity (Wildman–Crippen MR) is 54.7 cm³/mol. The van der Waals surface area contributed by atoms with E-state index in [9.17, 15) is 8.78 Å². The number of methoxy groups -OCH3 is 1. The van der Waals surface area contributed by atoms with E-state index >= 15 is 0 Å². The Balaban J connectivity index is 2.86. The van der Waals surface area contributed by atoms with Gasteiger partial charge in [-0.05, 0) is 12.6 Å². The molecule has 1 rings (SSSR count). The summed E-state index contributed by atoms with van der Waals surface area (Å²) in [7, 11) is 1.48. The van der Waals surface area contributed by atoms with Gasteiger partial charge in [0.2, 0.25) is 0 Å². The molecular weight excluding hydrogens is 200 g/mol. The van der Waals surface area contributed by atoms with Crippen molar-refractivity contribution in [2.24, 2.45) is 0 Å². The van der Waals surface area contributed by atoms with Crippen molar-refractivity contribution in [1.29, 1.82) is 0 Å². The Bertz CT molecular complexity index is 317. The summed E-state index contributed by atoms with van der Waals surface area (Å²) in [4.78, 5) is 0. The molecule has 1 aromatic rings. The lowest BCUT2D eigenvalue weighted by atomic mass is 10.1. The van der Waals surface area contributed by atoms with Crippen LogP contribution in [-0.4, -0.2) is 20.2 Å². The fourth-order valence-corrected chi connectivity index (χ4v) is 1.36. The van der Waals surface area contributed by atoms with Crippen LogP contribution in [0.25, 0.3) is 0 Å². The highest BCUT2D eigenvalue weighted by atomic mass is 19.2. The predicted octanol–water partition coefficient (Wildman–Crippen LogP) is 2.26. The fraction of sp³-hybridized carbons (Fsp3) is 0.455. The van der Waals surface area contributed by atoms with E-state index in [-0.39, 0.29) is 5.56 Å². The van der Waals surface area contributed by atoms with Crippen LogP contribution in [-0.2, 0) is 4.74 Å². The van der Waals surface area contributed by atoms with Gasteiger partial charge in [0.05, 0.1) is 6.10 Å². The molecule has 0 aliphatic carbocycles. The van der Waals surface area contributed by atoms with Crippen LogP contribution in [0.5, 0.6) is 0 Å². The molecule has 1 aromatic carbocycles. The van der Waals surface area contributed by atoms with Crippen LogP contribution >= 0.6 is 0 Å². The van der Waals surface area contributed by atoms with E-state index in [0.717, 1.165) is 12.6 Å². The van der Waals surface area contributed by atoms with Crippen LogP contribution in [0.3, 0.4) is 0 Å². The van der Waals surface area contributed by atoms with Crippen LogP contribution in [0.1, 0.15) is 18.6 Å². The van der Waals surface area contributed by atoms with Gasteiger partial charge in [-0.3, -0.25) is 0 Å². The lowest BCUT2D eigenvalue weighted by Gasteiger charge is -2.16. The van der Waals surface area contributed by atoms with Crippen molar-refractivity contribution in [1.82, 2.24) is 5.32 Å². The van der Waals surface area contributed by atoms with Gasteiger partial charge in [0.1, 0.15) is 0 Å². The number of rotatable bonds is 5. The first-order chi connectivity index (χ1) is 7.20. The van der Waals surface area contributed by atoms with Gasteiger partial charge in [-0.15, -0.1) is 0 Å². The van der Waals surface area contributed by atoms with E-state index in [4.69, 9.17) is 4.74 Å². The van der Waals surface area contributed by atoms with E-state index in [2.05, 4.69) is 5.32 Å². The summed E-state index contributed by atoms with van der Waals surface area (Å²) < 4.78 is 31.4. The molecule has 0 aliphatic heterocycles. The van der Waals surface area contributed by atoms with Gasteiger partial charge >= 0.3 is 0 Å². The molecule has 0 radical (unpaired) electrons. The lowest BCUT2D eigenvalue weighted by molar-refractivity contribution is 0.0990. The second-order valence-electron chi connectivity index (χ2n) is 3.18. The number of hydrogen-bond donors (Lipinski definition) is 1. The largest absolute Gasteiger partial charge is 0.375 e. The summed E-state index contributed by atoms with van der Waals surface area (Å²) in [5.74, 6) is -1.67. The average Bonchev–Trinajstić information content (AvgIpc) is 2.25. The van der Waals surface area contributed by atoms with Gasteiger partial charge in [0, 0.05) is 19.2 Å². The molecule has 4 heteroatoms. The maximum Gasteiger partial charge on any atom is 0.164 e. The highest BCUT2D eigenvalue weighted by Crippen LogP contribution is 2.21. The molecule has 84 valence electrons. The van der Waals surface area contributed by atoms with Crippen molar-refractivity contribution in [3.05, 3.63) is 35.4 Å². The minimum atomic E-state index is -0.842. The second kappa shape index (κ2) is 5.78. The molecule has 0 unspecified atom stereocenters. The number of benzene rings is 1. The maximum atomic E-state index is 13.4. The first-order valence-electron chi connectivity index (χ1n) is 4.88. The van der Waals surface area contributed by atoms with Crippen molar-refractivity contribution < 1.29 is 13.5 Å².